The molecule has 0 saturated heterocycles. The summed E-state index contributed by atoms with van der Waals surface area (Å²) in [5.74, 6) is 7.04. The monoisotopic (exact) mass is 701 g/mol. The van der Waals surface area contributed by atoms with Crippen LogP contribution < -0.4 is 4.90 Å². The van der Waals surface area contributed by atoms with E-state index in [-0.39, 0.29) is 16.7 Å². The van der Waals surface area contributed by atoms with Gasteiger partial charge < -0.3 is 4.90 Å². The quantitative estimate of drug-likeness (QED) is 0.165. The fourth-order valence-electron chi connectivity index (χ4n) is 10.2. The first-order valence-electron chi connectivity index (χ1n) is 19.5. The lowest BCUT2D eigenvalue weighted by Crippen LogP contribution is -2.26. The Bertz CT molecular complexity index is 2790. The molecular formula is C54H39N. The first-order valence-corrected chi connectivity index (χ1v) is 19.5. The SMILES string of the molecule is CC1(C)c2ccccc2-c2ccc(N(C3=C/CC#CC(c4ccccc4)/C=C\3)c3ccc4c(c3)-c3ccccc3C43c4ccccc4-c4ccccc43)cc21. The molecule has 1 atom stereocenters. The molecule has 0 fully saturated rings. The standard InChI is InChI=1S/C54H39N/c1-53(2)47-24-12-8-20-41(47)45-32-30-40(35-52(45)53)55(38-19-7-6-18-37(28-29-38)36-16-4-3-5-17-36)39-31-33-51-46(34-39)44-23-11-15-27-50(44)54(51)48-25-13-9-21-42(48)43-22-10-14-26-49(43)54/h3-5,8-17,19-35,37H,7H2,1-2H3/b29-28-,38-19+. The molecule has 0 aliphatic heterocycles. The van der Waals surface area contributed by atoms with Crippen LogP contribution in [0.1, 0.15) is 65.1 Å². The third-order valence-corrected chi connectivity index (χ3v) is 12.6. The van der Waals surface area contributed by atoms with Gasteiger partial charge in [0, 0.05) is 28.9 Å². The van der Waals surface area contributed by atoms with E-state index in [9.17, 15) is 0 Å². The summed E-state index contributed by atoms with van der Waals surface area (Å²) in [7, 11) is 0. The van der Waals surface area contributed by atoms with Crippen LogP contribution >= 0.6 is 0 Å². The van der Waals surface area contributed by atoms with Crippen molar-refractivity contribution in [3.8, 4) is 45.2 Å². The van der Waals surface area contributed by atoms with E-state index in [2.05, 4.69) is 213 Å². The van der Waals surface area contributed by atoms with Gasteiger partial charge in [0.25, 0.3) is 0 Å². The minimum Gasteiger partial charge on any atom is -0.311 e. The summed E-state index contributed by atoms with van der Waals surface area (Å²) in [5.41, 5.74) is 20.2. The van der Waals surface area contributed by atoms with Crippen LogP contribution in [0.4, 0.5) is 11.4 Å². The second kappa shape index (κ2) is 11.9. The van der Waals surface area contributed by atoms with Gasteiger partial charge in [0.2, 0.25) is 0 Å². The maximum atomic E-state index is 3.52. The molecule has 7 aromatic rings. The van der Waals surface area contributed by atoms with Crippen molar-refractivity contribution in [3.05, 3.63) is 227 Å². The molecule has 0 heterocycles. The molecule has 1 heteroatoms. The van der Waals surface area contributed by atoms with Crippen molar-refractivity contribution in [1.82, 2.24) is 0 Å². The molecule has 0 amide bonds. The Morgan fingerprint density at radius 2 is 1.00 bits per heavy atom. The molecule has 55 heavy (non-hydrogen) atoms. The van der Waals surface area contributed by atoms with Crippen molar-refractivity contribution in [1.29, 1.82) is 0 Å². The molecule has 7 aromatic carbocycles. The Balaban J connectivity index is 1.12. The largest absolute Gasteiger partial charge is 0.311 e. The lowest BCUT2D eigenvalue weighted by molar-refractivity contribution is 0.660. The highest BCUT2D eigenvalue weighted by Crippen LogP contribution is 2.63. The summed E-state index contributed by atoms with van der Waals surface area (Å²) in [6.07, 6.45) is 7.54. The number of benzene rings is 7. The summed E-state index contributed by atoms with van der Waals surface area (Å²) in [6.45, 7) is 4.73. The Labute approximate surface area is 324 Å². The predicted molar refractivity (Wildman–Crippen MR) is 228 cm³/mol. The van der Waals surface area contributed by atoms with Crippen molar-refractivity contribution < 1.29 is 0 Å². The summed E-state index contributed by atoms with van der Waals surface area (Å²) < 4.78 is 0. The van der Waals surface area contributed by atoms with Gasteiger partial charge in [-0.1, -0.05) is 171 Å². The molecule has 11 rings (SSSR count). The van der Waals surface area contributed by atoms with Crippen molar-refractivity contribution >= 4 is 11.4 Å². The molecule has 1 spiro atoms. The van der Waals surface area contributed by atoms with E-state index in [0.29, 0.717) is 6.42 Å². The predicted octanol–water partition coefficient (Wildman–Crippen LogP) is 13.1. The highest BCUT2D eigenvalue weighted by molar-refractivity contribution is 5.96. The van der Waals surface area contributed by atoms with Gasteiger partial charge in [-0.15, -0.1) is 0 Å². The zero-order valence-corrected chi connectivity index (χ0v) is 31.1. The molecule has 0 bridgehead atoms. The minimum absolute atomic E-state index is 0.0226. The summed E-state index contributed by atoms with van der Waals surface area (Å²) >= 11 is 0. The normalized spacial score (nSPS) is 18.5. The van der Waals surface area contributed by atoms with Crippen molar-refractivity contribution in [3.63, 3.8) is 0 Å². The minimum atomic E-state index is -0.371. The third-order valence-electron chi connectivity index (χ3n) is 12.6. The van der Waals surface area contributed by atoms with Gasteiger partial charge in [0.1, 0.15) is 0 Å². The molecule has 0 aromatic heterocycles. The van der Waals surface area contributed by atoms with Gasteiger partial charge in [-0.3, -0.25) is 0 Å². The number of hydrogen-bond acceptors (Lipinski definition) is 1. The molecular weight excluding hydrogens is 663 g/mol. The van der Waals surface area contributed by atoms with Gasteiger partial charge in [0.15, 0.2) is 0 Å². The molecule has 260 valence electrons. The number of nitrogens with zero attached hydrogens (tertiary/aromatic N) is 1. The van der Waals surface area contributed by atoms with E-state index in [4.69, 9.17) is 0 Å². The van der Waals surface area contributed by atoms with Crippen LogP contribution in [0.15, 0.2) is 188 Å². The van der Waals surface area contributed by atoms with Gasteiger partial charge in [-0.2, -0.15) is 0 Å². The molecule has 4 aliphatic carbocycles. The molecule has 0 N–H and O–H groups in total. The van der Waals surface area contributed by atoms with E-state index >= 15 is 0 Å². The average Bonchev–Trinajstić information content (AvgIpc) is 3.78. The summed E-state index contributed by atoms with van der Waals surface area (Å²) in [4.78, 5) is 2.47. The Hall–Kier alpha value is -6.62. The summed E-state index contributed by atoms with van der Waals surface area (Å²) in [5, 5.41) is 0. The molecule has 1 nitrogen and oxygen atoms in total. The lowest BCUT2D eigenvalue weighted by Gasteiger charge is -2.32. The smallest absolute Gasteiger partial charge is 0.0725 e. The first-order chi connectivity index (χ1) is 27.0. The van der Waals surface area contributed by atoms with Gasteiger partial charge in [0.05, 0.1) is 11.3 Å². The number of hydrogen-bond donors (Lipinski definition) is 0. The second-order valence-electron chi connectivity index (χ2n) is 15.8. The van der Waals surface area contributed by atoms with E-state index in [0.717, 1.165) is 17.1 Å². The van der Waals surface area contributed by atoms with Crippen LogP contribution in [-0.4, -0.2) is 0 Å². The Morgan fingerprint density at radius 3 is 1.67 bits per heavy atom. The summed E-state index contributed by atoms with van der Waals surface area (Å²) in [6, 6.07) is 61.0. The van der Waals surface area contributed by atoms with Crippen LogP contribution in [0.2, 0.25) is 0 Å². The zero-order valence-electron chi connectivity index (χ0n) is 31.1. The Morgan fingerprint density at radius 1 is 0.491 bits per heavy atom. The molecule has 0 saturated carbocycles. The van der Waals surface area contributed by atoms with Gasteiger partial charge >= 0.3 is 0 Å². The van der Waals surface area contributed by atoms with E-state index in [1.807, 2.05) is 0 Å². The molecule has 1 unspecified atom stereocenters. The fourth-order valence-corrected chi connectivity index (χ4v) is 10.2. The maximum Gasteiger partial charge on any atom is 0.0725 e. The van der Waals surface area contributed by atoms with Gasteiger partial charge in [-0.25, -0.2) is 0 Å². The van der Waals surface area contributed by atoms with Crippen LogP contribution in [0.5, 0.6) is 0 Å². The number of fused-ring (bicyclic) bond motifs is 13. The number of rotatable bonds is 4. The van der Waals surface area contributed by atoms with E-state index < -0.39 is 0 Å². The zero-order chi connectivity index (χ0) is 36.7. The Kier molecular flexibility index (Phi) is 6.92. The van der Waals surface area contributed by atoms with Crippen LogP contribution in [0, 0.1) is 11.8 Å². The second-order valence-corrected chi connectivity index (χ2v) is 15.8. The molecule has 0 radical (unpaired) electrons. The van der Waals surface area contributed by atoms with Crippen molar-refractivity contribution in [2.75, 3.05) is 4.90 Å². The van der Waals surface area contributed by atoms with Crippen molar-refractivity contribution in [2.24, 2.45) is 0 Å². The first kappa shape index (κ1) is 31.9. The van der Waals surface area contributed by atoms with Gasteiger partial charge in [-0.05, 0) is 109 Å². The topological polar surface area (TPSA) is 3.24 Å². The van der Waals surface area contributed by atoms with E-state index in [1.165, 1.54) is 72.3 Å². The average molecular weight is 702 g/mol. The van der Waals surface area contributed by atoms with Crippen molar-refractivity contribution in [2.45, 2.75) is 37.0 Å². The van der Waals surface area contributed by atoms with E-state index in [1.54, 1.807) is 0 Å². The molecule has 4 aliphatic rings. The number of anilines is 2. The highest BCUT2D eigenvalue weighted by atomic mass is 15.1. The number of allylic oxidation sites excluding steroid dienone is 3. The third kappa shape index (κ3) is 4.49. The lowest BCUT2D eigenvalue weighted by atomic mass is 9.70. The van der Waals surface area contributed by atoms with Crippen LogP contribution in [-0.2, 0) is 10.8 Å². The maximum absolute atomic E-state index is 3.52. The van der Waals surface area contributed by atoms with Crippen LogP contribution in [0.25, 0.3) is 33.4 Å². The highest BCUT2D eigenvalue weighted by Gasteiger charge is 2.51. The fraction of sp³-hybridized carbons (Fsp3) is 0.111. The van der Waals surface area contributed by atoms with Crippen LogP contribution in [0.3, 0.4) is 0 Å².